The molecule has 3 aromatic rings. The largest absolute Gasteiger partial charge is 0.497 e. The van der Waals surface area contributed by atoms with Gasteiger partial charge < -0.3 is 9.72 Å². The first-order chi connectivity index (χ1) is 8.38. The highest BCUT2D eigenvalue weighted by Crippen LogP contribution is 2.27. The van der Waals surface area contributed by atoms with E-state index in [1.165, 1.54) is 10.8 Å². The molecule has 0 amide bonds. The molecule has 2 heterocycles. The maximum Gasteiger partial charge on any atom is 0.119 e. The Morgan fingerprint density at radius 3 is 2.65 bits per heavy atom. The number of hydrogen-bond donors (Lipinski definition) is 1. The average Bonchev–Trinajstić information content (AvgIpc) is 2.78. The van der Waals surface area contributed by atoms with E-state index in [0.717, 1.165) is 16.8 Å². The highest BCUT2D eigenvalue weighted by atomic mass is 16.5. The summed E-state index contributed by atoms with van der Waals surface area (Å²) in [5.74, 6) is 0.875. The lowest BCUT2D eigenvalue weighted by Gasteiger charge is -1.98. The van der Waals surface area contributed by atoms with Gasteiger partial charge in [0.05, 0.1) is 18.8 Å². The maximum absolute atomic E-state index is 5.21. The third-order valence-corrected chi connectivity index (χ3v) is 2.61. The van der Waals surface area contributed by atoms with Gasteiger partial charge in [0.1, 0.15) is 5.75 Å². The fourth-order valence-electron chi connectivity index (χ4n) is 1.86. The van der Waals surface area contributed by atoms with Crippen LogP contribution < -0.4 is 4.74 Å². The second kappa shape index (κ2) is 4.87. The first-order valence-electron chi connectivity index (χ1n) is 5.78. The molecule has 0 radical (unpaired) electrons. The Kier molecular flexibility index (Phi) is 3.28. The average molecular weight is 228 g/mol. The van der Waals surface area contributed by atoms with Gasteiger partial charge in [-0.3, -0.25) is 4.98 Å². The zero-order valence-corrected chi connectivity index (χ0v) is 10.3. The van der Waals surface area contributed by atoms with E-state index < -0.39 is 0 Å². The molecule has 1 aromatic carbocycles. The predicted octanol–water partition coefficient (Wildman–Crippen LogP) is 3.75. The van der Waals surface area contributed by atoms with Gasteiger partial charge in [0.2, 0.25) is 0 Å². The summed E-state index contributed by atoms with van der Waals surface area (Å²) in [7, 11) is 1.68. The lowest BCUT2D eigenvalue weighted by atomic mass is 10.2. The number of nitrogens with zero attached hydrogens (tertiary/aromatic N) is 1. The number of methoxy groups -OCH3 is 1. The molecule has 0 unspecified atom stereocenters. The van der Waals surface area contributed by atoms with Gasteiger partial charge in [0.15, 0.2) is 0 Å². The summed E-state index contributed by atoms with van der Waals surface area (Å²) in [4.78, 5) is 7.40. The van der Waals surface area contributed by atoms with Gasteiger partial charge in [-0.1, -0.05) is 13.8 Å². The van der Waals surface area contributed by atoms with Gasteiger partial charge in [-0.2, -0.15) is 0 Å². The van der Waals surface area contributed by atoms with Crippen LogP contribution in [-0.4, -0.2) is 17.1 Å². The summed E-state index contributed by atoms with van der Waals surface area (Å²) in [6.45, 7) is 4.00. The highest BCUT2D eigenvalue weighted by molar-refractivity contribution is 6.07. The van der Waals surface area contributed by atoms with Crippen molar-refractivity contribution >= 4 is 21.8 Å². The molecule has 0 fully saturated rings. The van der Waals surface area contributed by atoms with Gasteiger partial charge in [-0.05, 0) is 24.3 Å². The highest BCUT2D eigenvalue weighted by Gasteiger charge is 2.04. The Balaban J connectivity index is 0.000000514. The van der Waals surface area contributed by atoms with Crippen molar-refractivity contribution in [1.82, 2.24) is 9.97 Å². The second-order valence-electron chi connectivity index (χ2n) is 3.46. The molecule has 3 heteroatoms. The second-order valence-corrected chi connectivity index (χ2v) is 3.46. The van der Waals surface area contributed by atoms with Crippen LogP contribution in [0.15, 0.2) is 36.7 Å². The van der Waals surface area contributed by atoms with Crippen LogP contribution in [0, 0.1) is 0 Å². The standard InChI is InChI=1S/C12H10N2O.C2H6/c1-15-8-2-3-11-10(6-8)9-4-5-13-7-12(9)14-11;1-2/h2-7,14H,1H3;1-2H3. The molecular formula is C14H16N2O. The summed E-state index contributed by atoms with van der Waals surface area (Å²) >= 11 is 0. The summed E-state index contributed by atoms with van der Waals surface area (Å²) in [6.07, 6.45) is 3.64. The van der Waals surface area contributed by atoms with Crippen molar-refractivity contribution in [3.05, 3.63) is 36.7 Å². The van der Waals surface area contributed by atoms with E-state index in [4.69, 9.17) is 4.74 Å². The molecule has 3 rings (SSSR count). The van der Waals surface area contributed by atoms with Gasteiger partial charge in [-0.25, -0.2) is 0 Å². The van der Waals surface area contributed by atoms with E-state index in [1.807, 2.05) is 44.3 Å². The number of benzene rings is 1. The summed E-state index contributed by atoms with van der Waals surface area (Å²) in [5.41, 5.74) is 2.17. The monoisotopic (exact) mass is 228 g/mol. The molecule has 2 aromatic heterocycles. The Hall–Kier alpha value is -2.03. The zero-order valence-electron chi connectivity index (χ0n) is 10.3. The van der Waals surface area contributed by atoms with Gasteiger partial charge >= 0.3 is 0 Å². The van der Waals surface area contributed by atoms with E-state index in [-0.39, 0.29) is 0 Å². The Morgan fingerprint density at radius 1 is 1.06 bits per heavy atom. The van der Waals surface area contributed by atoms with Crippen LogP contribution in [-0.2, 0) is 0 Å². The van der Waals surface area contributed by atoms with Crippen molar-refractivity contribution in [2.24, 2.45) is 0 Å². The smallest absolute Gasteiger partial charge is 0.119 e. The molecule has 0 bridgehead atoms. The van der Waals surface area contributed by atoms with Crippen LogP contribution in [0.3, 0.4) is 0 Å². The minimum atomic E-state index is 0.875. The van der Waals surface area contributed by atoms with Gasteiger partial charge in [-0.15, -0.1) is 0 Å². The lowest BCUT2D eigenvalue weighted by Crippen LogP contribution is -1.80. The van der Waals surface area contributed by atoms with E-state index in [0.29, 0.717) is 0 Å². The summed E-state index contributed by atoms with van der Waals surface area (Å²) < 4.78 is 5.21. The number of nitrogens with one attached hydrogen (secondary N) is 1. The molecule has 3 nitrogen and oxygen atoms in total. The number of aromatic amines is 1. The SMILES string of the molecule is CC.COc1ccc2[nH]c3cnccc3c2c1. The quantitative estimate of drug-likeness (QED) is 0.688. The first kappa shape index (κ1) is 11.5. The number of H-pyrrole nitrogens is 1. The van der Waals surface area contributed by atoms with Crippen molar-refractivity contribution in [2.45, 2.75) is 13.8 Å². The number of aromatic nitrogens is 2. The molecule has 0 spiro atoms. The molecule has 88 valence electrons. The van der Waals surface area contributed by atoms with Crippen molar-refractivity contribution in [3.8, 4) is 5.75 Å². The maximum atomic E-state index is 5.21. The van der Waals surface area contributed by atoms with E-state index >= 15 is 0 Å². The molecule has 0 atom stereocenters. The van der Waals surface area contributed by atoms with E-state index in [2.05, 4.69) is 9.97 Å². The molecule has 0 aliphatic carbocycles. The van der Waals surface area contributed by atoms with Crippen LogP contribution in [0.4, 0.5) is 0 Å². The molecule has 1 N–H and O–H groups in total. The zero-order chi connectivity index (χ0) is 12.3. The Bertz CT molecular complexity index is 628. The molecule has 0 saturated heterocycles. The fraction of sp³-hybridized carbons (Fsp3) is 0.214. The Morgan fingerprint density at radius 2 is 1.88 bits per heavy atom. The number of hydrogen-bond acceptors (Lipinski definition) is 2. The van der Waals surface area contributed by atoms with Crippen LogP contribution in [0.25, 0.3) is 21.8 Å². The predicted molar refractivity (Wildman–Crippen MR) is 71.5 cm³/mol. The third kappa shape index (κ3) is 1.96. The number of rotatable bonds is 1. The van der Waals surface area contributed by atoms with Crippen LogP contribution in [0.5, 0.6) is 5.75 Å². The fourth-order valence-corrected chi connectivity index (χ4v) is 1.86. The first-order valence-corrected chi connectivity index (χ1v) is 5.78. The number of ether oxygens (including phenoxy) is 1. The number of pyridine rings is 1. The minimum absolute atomic E-state index is 0.875. The van der Waals surface area contributed by atoms with Crippen molar-refractivity contribution in [1.29, 1.82) is 0 Å². The minimum Gasteiger partial charge on any atom is -0.497 e. The molecule has 0 aliphatic heterocycles. The van der Waals surface area contributed by atoms with Crippen LogP contribution in [0.1, 0.15) is 13.8 Å². The third-order valence-electron chi connectivity index (χ3n) is 2.61. The topological polar surface area (TPSA) is 37.9 Å². The molecule has 0 saturated carbocycles. The molecule has 17 heavy (non-hydrogen) atoms. The van der Waals surface area contributed by atoms with E-state index in [1.54, 1.807) is 13.3 Å². The lowest BCUT2D eigenvalue weighted by molar-refractivity contribution is 0.415. The Labute approximate surface area is 100 Å². The van der Waals surface area contributed by atoms with Crippen molar-refractivity contribution < 1.29 is 4.74 Å². The van der Waals surface area contributed by atoms with Crippen LogP contribution >= 0.6 is 0 Å². The van der Waals surface area contributed by atoms with Gasteiger partial charge in [0, 0.05) is 22.5 Å². The summed E-state index contributed by atoms with van der Waals surface area (Å²) in [6, 6.07) is 8.01. The molecular weight excluding hydrogens is 212 g/mol. The normalized spacial score (nSPS) is 10.1. The van der Waals surface area contributed by atoms with Crippen LogP contribution in [0.2, 0.25) is 0 Å². The number of fused-ring (bicyclic) bond motifs is 3. The van der Waals surface area contributed by atoms with Crippen molar-refractivity contribution in [2.75, 3.05) is 7.11 Å². The van der Waals surface area contributed by atoms with Crippen molar-refractivity contribution in [3.63, 3.8) is 0 Å². The van der Waals surface area contributed by atoms with Gasteiger partial charge in [0.25, 0.3) is 0 Å². The molecule has 0 aliphatic rings. The van der Waals surface area contributed by atoms with E-state index in [9.17, 15) is 0 Å². The summed E-state index contributed by atoms with van der Waals surface area (Å²) in [5, 5.41) is 2.35.